The van der Waals surface area contributed by atoms with Crippen LogP contribution >= 0.6 is 11.6 Å². The Balaban J connectivity index is 1.62. The van der Waals surface area contributed by atoms with Gasteiger partial charge in [-0.25, -0.2) is 4.68 Å². The van der Waals surface area contributed by atoms with Crippen molar-refractivity contribution >= 4 is 23.4 Å². The molecule has 0 unspecified atom stereocenters. The van der Waals surface area contributed by atoms with Gasteiger partial charge in [-0.15, -0.1) is 0 Å². The quantitative estimate of drug-likeness (QED) is 0.624. The summed E-state index contributed by atoms with van der Waals surface area (Å²) in [7, 11) is 0. The Morgan fingerprint density at radius 1 is 1.07 bits per heavy atom. The lowest BCUT2D eigenvalue weighted by atomic mass is 10.0. The number of nitrogens with one attached hydrogen (secondary N) is 2. The van der Waals surface area contributed by atoms with Gasteiger partial charge in [0, 0.05) is 18.3 Å². The summed E-state index contributed by atoms with van der Waals surface area (Å²) >= 11 is 6.09. The van der Waals surface area contributed by atoms with E-state index >= 15 is 0 Å². The van der Waals surface area contributed by atoms with Crippen LogP contribution in [0.1, 0.15) is 29.8 Å². The van der Waals surface area contributed by atoms with Gasteiger partial charge in [0.05, 0.1) is 22.5 Å². The van der Waals surface area contributed by atoms with Crippen LogP contribution in [0.25, 0.3) is 5.69 Å². The molecule has 1 atom stereocenters. The van der Waals surface area contributed by atoms with Gasteiger partial charge in [0.1, 0.15) is 6.04 Å². The van der Waals surface area contributed by atoms with Crippen LogP contribution in [0.2, 0.25) is 5.02 Å². The van der Waals surface area contributed by atoms with Gasteiger partial charge in [-0.05, 0) is 30.2 Å². The average molecular weight is 411 g/mol. The summed E-state index contributed by atoms with van der Waals surface area (Å²) in [4.78, 5) is 25.2. The van der Waals surface area contributed by atoms with Crippen molar-refractivity contribution in [1.82, 2.24) is 20.4 Å². The van der Waals surface area contributed by atoms with E-state index in [0.717, 1.165) is 11.3 Å². The monoisotopic (exact) mass is 410 g/mol. The molecule has 0 aliphatic rings. The van der Waals surface area contributed by atoms with Crippen molar-refractivity contribution in [2.75, 3.05) is 0 Å². The molecule has 3 rings (SSSR count). The van der Waals surface area contributed by atoms with Crippen LogP contribution in [-0.2, 0) is 11.3 Å². The normalized spacial score (nSPS) is 11.9. The molecule has 0 fully saturated rings. The predicted octanol–water partition coefficient (Wildman–Crippen LogP) is 3.60. The van der Waals surface area contributed by atoms with E-state index in [4.69, 9.17) is 11.6 Å². The molecular formula is C22H23ClN4O2. The Morgan fingerprint density at radius 2 is 1.76 bits per heavy atom. The maximum absolute atomic E-state index is 12.7. The first-order chi connectivity index (χ1) is 14.0. The maximum Gasteiger partial charge on any atom is 0.253 e. The standard InChI is InChI=1S/C22H23ClN4O2/c1-15(2)20(26-21(28)18-10-6-7-11-19(18)23)22(29)24-12-16-13-25-27(14-16)17-8-4-3-5-9-17/h3-11,13-15,20H,12H2,1-2H3,(H,24,29)(H,26,28)/t20-/m0/s1. The minimum Gasteiger partial charge on any atom is -0.350 e. The number of aromatic nitrogens is 2. The van der Waals surface area contributed by atoms with Crippen molar-refractivity contribution in [1.29, 1.82) is 0 Å². The van der Waals surface area contributed by atoms with Crippen LogP contribution in [0.15, 0.2) is 67.0 Å². The fraction of sp³-hybridized carbons (Fsp3) is 0.227. The van der Waals surface area contributed by atoms with Crippen LogP contribution < -0.4 is 10.6 Å². The molecule has 3 aromatic rings. The third-order valence-electron chi connectivity index (χ3n) is 4.48. The summed E-state index contributed by atoms with van der Waals surface area (Å²) in [5.74, 6) is -0.720. The second-order valence-electron chi connectivity index (χ2n) is 7.02. The van der Waals surface area contributed by atoms with Crippen LogP contribution in [0, 0.1) is 5.92 Å². The van der Waals surface area contributed by atoms with Gasteiger partial charge < -0.3 is 10.6 Å². The number of carbonyl (C=O) groups excluding carboxylic acids is 2. The lowest BCUT2D eigenvalue weighted by molar-refractivity contribution is -0.124. The molecular weight excluding hydrogens is 388 g/mol. The molecule has 29 heavy (non-hydrogen) atoms. The van der Waals surface area contributed by atoms with Gasteiger partial charge in [0.2, 0.25) is 5.91 Å². The van der Waals surface area contributed by atoms with E-state index in [1.807, 2.05) is 50.4 Å². The maximum atomic E-state index is 12.7. The van der Waals surface area contributed by atoms with Crippen molar-refractivity contribution in [3.8, 4) is 5.69 Å². The number of benzene rings is 2. The number of hydrogen-bond donors (Lipinski definition) is 2. The topological polar surface area (TPSA) is 76.0 Å². The molecule has 6 nitrogen and oxygen atoms in total. The Morgan fingerprint density at radius 3 is 2.45 bits per heavy atom. The second-order valence-corrected chi connectivity index (χ2v) is 7.43. The molecule has 150 valence electrons. The van der Waals surface area contributed by atoms with E-state index in [1.165, 1.54) is 0 Å². The first kappa shape index (κ1) is 20.6. The zero-order chi connectivity index (χ0) is 20.8. The Bertz CT molecular complexity index is 985. The molecule has 0 radical (unpaired) electrons. The smallest absolute Gasteiger partial charge is 0.253 e. The zero-order valence-electron chi connectivity index (χ0n) is 16.3. The molecule has 0 saturated carbocycles. The molecule has 0 saturated heterocycles. The summed E-state index contributed by atoms with van der Waals surface area (Å²) in [6, 6.07) is 15.8. The van der Waals surface area contributed by atoms with E-state index in [9.17, 15) is 9.59 Å². The van der Waals surface area contributed by atoms with Crippen LogP contribution in [-0.4, -0.2) is 27.6 Å². The minimum atomic E-state index is -0.678. The molecule has 0 bridgehead atoms. The largest absolute Gasteiger partial charge is 0.350 e. The number of para-hydroxylation sites is 1. The molecule has 0 aliphatic carbocycles. The fourth-order valence-electron chi connectivity index (χ4n) is 2.87. The second kappa shape index (κ2) is 9.39. The number of rotatable bonds is 7. The fourth-order valence-corrected chi connectivity index (χ4v) is 3.09. The molecule has 1 heterocycles. The van der Waals surface area contributed by atoms with Gasteiger partial charge >= 0.3 is 0 Å². The van der Waals surface area contributed by atoms with E-state index in [2.05, 4.69) is 15.7 Å². The highest BCUT2D eigenvalue weighted by atomic mass is 35.5. The SMILES string of the molecule is CC(C)[C@H](NC(=O)c1ccccc1Cl)C(=O)NCc1cnn(-c2ccccc2)c1. The van der Waals surface area contributed by atoms with Gasteiger partial charge in [-0.2, -0.15) is 5.10 Å². The van der Waals surface area contributed by atoms with Crippen molar-refractivity contribution < 1.29 is 9.59 Å². The van der Waals surface area contributed by atoms with Gasteiger partial charge in [0.25, 0.3) is 5.91 Å². The van der Waals surface area contributed by atoms with E-state index in [-0.39, 0.29) is 17.7 Å². The third-order valence-corrected chi connectivity index (χ3v) is 4.81. The van der Waals surface area contributed by atoms with Crippen molar-refractivity contribution in [2.24, 2.45) is 5.92 Å². The lowest BCUT2D eigenvalue weighted by Gasteiger charge is -2.22. The Hall–Kier alpha value is -3.12. The van der Waals surface area contributed by atoms with E-state index in [0.29, 0.717) is 17.1 Å². The molecule has 2 aromatic carbocycles. The zero-order valence-corrected chi connectivity index (χ0v) is 17.1. The highest BCUT2D eigenvalue weighted by molar-refractivity contribution is 6.33. The van der Waals surface area contributed by atoms with Crippen LogP contribution in [0.3, 0.4) is 0 Å². The molecule has 2 amide bonds. The summed E-state index contributed by atoms with van der Waals surface area (Å²) in [6.45, 7) is 4.08. The van der Waals surface area contributed by atoms with Crippen LogP contribution in [0.5, 0.6) is 0 Å². The summed E-state index contributed by atoms with van der Waals surface area (Å²) < 4.78 is 1.75. The Labute approximate surface area is 174 Å². The van der Waals surface area contributed by atoms with Gasteiger partial charge in [0.15, 0.2) is 0 Å². The minimum absolute atomic E-state index is 0.0894. The predicted molar refractivity (Wildman–Crippen MR) is 113 cm³/mol. The number of amides is 2. The molecule has 7 heteroatoms. The summed E-state index contributed by atoms with van der Waals surface area (Å²) in [6.07, 6.45) is 3.57. The van der Waals surface area contributed by atoms with Gasteiger partial charge in [-0.3, -0.25) is 9.59 Å². The van der Waals surface area contributed by atoms with Crippen LogP contribution in [0.4, 0.5) is 0 Å². The van der Waals surface area contributed by atoms with Crippen molar-refractivity contribution in [3.63, 3.8) is 0 Å². The molecule has 2 N–H and O–H groups in total. The lowest BCUT2D eigenvalue weighted by Crippen LogP contribution is -2.49. The first-order valence-electron chi connectivity index (χ1n) is 9.38. The van der Waals surface area contributed by atoms with E-state index in [1.54, 1.807) is 35.1 Å². The summed E-state index contributed by atoms with van der Waals surface area (Å²) in [5, 5.41) is 10.3. The number of nitrogens with zero attached hydrogens (tertiary/aromatic N) is 2. The van der Waals surface area contributed by atoms with Crippen molar-refractivity contribution in [3.05, 3.63) is 83.1 Å². The number of halogens is 1. The number of hydrogen-bond acceptors (Lipinski definition) is 3. The molecule has 0 spiro atoms. The highest BCUT2D eigenvalue weighted by Gasteiger charge is 2.25. The van der Waals surface area contributed by atoms with Gasteiger partial charge in [-0.1, -0.05) is 55.8 Å². The summed E-state index contributed by atoms with van der Waals surface area (Å²) in [5.41, 5.74) is 2.15. The Kier molecular flexibility index (Phi) is 6.67. The molecule has 0 aliphatic heterocycles. The highest BCUT2D eigenvalue weighted by Crippen LogP contribution is 2.15. The first-order valence-corrected chi connectivity index (χ1v) is 9.75. The van der Waals surface area contributed by atoms with E-state index < -0.39 is 6.04 Å². The molecule has 1 aromatic heterocycles. The third kappa shape index (κ3) is 5.23. The van der Waals surface area contributed by atoms with Crippen molar-refractivity contribution in [2.45, 2.75) is 26.4 Å². The number of carbonyl (C=O) groups is 2. The average Bonchev–Trinajstić information content (AvgIpc) is 3.20.